The van der Waals surface area contributed by atoms with Crippen molar-refractivity contribution in [2.24, 2.45) is 11.8 Å². The maximum Gasteiger partial charge on any atom is 0.226 e. The first-order valence-corrected chi connectivity index (χ1v) is 8.90. The predicted octanol–water partition coefficient (Wildman–Crippen LogP) is 0.678. The molecule has 4 rings (SSSR count). The van der Waals surface area contributed by atoms with Gasteiger partial charge in [0, 0.05) is 19.1 Å². The largest absolute Gasteiger partial charge is 0.381 e. The van der Waals surface area contributed by atoms with Gasteiger partial charge in [-0.1, -0.05) is 6.42 Å². The van der Waals surface area contributed by atoms with Crippen LogP contribution in [0, 0.1) is 11.8 Å². The van der Waals surface area contributed by atoms with Crippen LogP contribution < -0.4 is 5.32 Å². The average Bonchev–Trinajstić information content (AvgIpc) is 3.19. The first-order chi connectivity index (χ1) is 11.7. The van der Waals surface area contributed by atoms with Crippen molar-refractivity contribution in [1.29, 1.82) is 0 Å². The van der Waals surface area contributed by atoms with Crippen LogP contribution in [-0.4, -0.2) is 46.3 Å². The predicted molar refractivity (Wildman–Crippen MR) is 85.8 cm³/mol. The Labute approximate surface area is 141 Å². The lowest BCUT2D eigenvalue weighted by molar-refractivity contribution is -0.139. The molecule has 2 fully saturated rings. The molecule has 0 aromatic carbocycles. The Kier molecular flexibility index (Phi) is 4.26. The minimum Gasteiger partial charge on any atom is -0.381 e. The number of fused-ring (bicyclic) bond motifs is 1. The number of nitrogens with one attached hydrogen (secondary N) is 1. The topological polar surface area (TPSA) is 76.5 Å². The summed E-state index contributed by atoms with van der Waals surface area (Å²) in [6.45, 7) is 3.72. The summed E-state index contributed by atoms with van der Waals surface area (Å²) in [6, 6.07) is 2.01. The second kappa shape index (κ2) is 6.55. The van der Waals surface area contributed by atoms with E-state index in [1.807, 2.05) is 15.6 Å². The summed E-state index contributed by atoms with van der Waals surface area (Å²) in [5, 5.41) is 7.50. The summed E-state index contributed by atoms with van der Waals surface area (Å²) in [6.07, 6.45) is 4.05. The molecule has 130 valence electrons. The van der Waals surface area contributed by atoms with Crippen LogP contribution in [-0.2, 0) is 34.0 Å². The molecule has 7 nitrogen and oxygen atoms in total. The number of hydrogen-bond acceptors (Lipinski definition) is 4. The Bertz CT molecular complexity index is 632. The Morgan fingerprint density at radius 3 is 2.83 bits per heavy atom. The molecule has 1 aromatic heterocycles. The van der Waals surface area contributed by atoms with Crippen molar-refractivity contribution in [2.75, 3.05) is 19.8 Å². The number of carbonyl (C=O) groups excluding carboxylic acids is 2. The van der Waals surface area contributed by atoms with Crippen molar-refractivity contribution >= 4 is 11.8 Å². The van der Waals surface area contributed by atoms with E-state index in [9.17, 15) is 9.59 Å². The van der Waals surface area contributed by atoms with E-state index < -0.39 is 0 Å². The van der Waals surface area contributed by atoms with Gasteiger partial charge in [-0.15, -0.1) is 0 Å². The van der Waals surface area contributed by atoms with E-state index in [0.717, 1.165) is 43.7 Å². The highest BCUT2D eigenvalue weighted by Gasteiger charge is 2.31. The van der Waals surface area contributed by atoms with E-state index in [4.69, 9.17) is 4.74 Å². The molecule has 1 saturated heterocycles. The van der Waals surface area contributed by atoms with Crippen LogP contribution in [0.4, 0.5) is 0 Å². The quantitative estimate of drug-likeness (QED) is 0.880. The molecular formula is C17H24N4O3. The molecule has 1 aliphatic carbocycles. The Balaban J connectivity index is 1.34. The van der Waals surface area contributed by atoms with Gasteiger partial charge in [-0.25, -0.2) is 0 Å². The Morgan fingerprint density at radius 2 is 2.12 bits per heavy atom. The van der Waals surface area contributed by atoms with E-state index in [1.165, 1.54) is 6.42 Å². The molecule has 3 heterocycles. The third-order valence-electron chi connectivity index (χ3n) is 5.36. The number of ether oxygens (including phenoxy) is 1. The lowest BCUT2D eigenvalue weighted by Crippen LogP contribution is -2.43. The Hall–Kier alpha value is -1.89. The van der Waals surface area contributed by atoms with Crippen LogP contribution in [0.2, 0.25) is 0 Å². The van der Waals surface area contributed by atoms with E-state index in [-0.39, 0.29) is 17.7 Å². The summed E-state index contributed by atoms with van der Waals surface area (Å²) < 4.78 is 7.21. The smallest absolute Gasteiger partial charge is 0.226 e. The minimum atomic E-state index is -0.0298. The molecule has 0 spiro atoms. The monoisotopic (exact) mass is 332 g/mol. The summed E-state index contributed by atoms with van der Waals surface area (Å²) in [7, 11) is 0. The fraction of sp³-hybridized carbons (Fsp3) is 0.706. The van der Waals surface area contributed by atoms with E-state index >= 15 is 0 Å². The van der Waals surface area contributed by atoms with Gasteiger partial charge < -0.3 is 15.0 Å². The highest BCUT2D eigenvalue weighted by atomic mass is 16.5. The standard InChI is InChI=1S/C17H24N4O3/c22-16(13-4-7-24-11-13)18-9-14-8-15-10-20(5-6-21(15)19-14)17(23)12-2-1-3-12/h8,12-13H,1-7,9-11H2,(H,18,22)/t13-/m1/s1. The van der Waals surface area contributed by atoms with E-state index in [0.29, 0.717) is 32.2 Å². The summed E-state index contributed by atoms with van der Waals surface area (Å²) in [5.74, 6) is 0.551. The maximum absolute atomic E-state index is 12.4. The lowest BCUT2D eigenvalue weighted by Gasteiger charge is -2.34. The van der Waals surface area contributed by atoms with Gasteiger partial charge in [0.1, 0.15) is 0 Å². The number of nitrogens with zero attached hydrogens (tertiary/aromatic N) is 3. The minimum absolute atomic E-state index is 0.0298. The third-order valence-corrected chi connectivity index (χ3v) is 5.36. The van der Waals surface area contributed by atoms with Crippen molar-refractivity contribution in [1.82, 2.24) is 20.0 Å². The molecule has 1 aromatic rings. The summed E-state index contributed by atoms with van der Waals surface area (Å²) >= 11 is 0. The molecule has 3 aliphatic rings. The second-order valence-electron chi connectivity index (χ2n) is 7.02. The van der Waals surface area contributed by atoms with Gasteiger partial charge in [0.2, 0.25) is 11.8 Å². The molecular weight excluding hydrogens is 308 g/mol. The molecule has 0 unspecified atom stereocenters. The lowest BCUT2D eigenvalue weighted by atomic mass is 9.84. The van der Waals surface area contributed by atoms with E-state index in [2.05, 4.69) is 10.4 Å². The van der Waals surface area contributed by atoms with Crippen molar-refractivity contribution in [3.63, 3.8) is 0 Å². The van der Waals surface area contributed by atoms with Gasteiger partial charge in [-0.3, -0.25) is 14.3 Å². The molecule has 1 saturated carbocycles. The van der Waals surface area contributed by atoms with Gasteiger partial charge in [0.25, 0.3) is 0 Å². The van der Waals surface area contributed by atoms with Crippen molar-refractivity contribution in [2.45, 2.75) is 45.3 Å². The Morgan fingerprint density at radius 1 is 1.25 bits per heavy atom. The summed E-state index contributed by atoms with van der Waals surface area (Å²) in [5.41, 5.74) is 1.91. The van der Waals surface area contributed by atoms with Crippen LogP contribution in [0.15, 0.2) is 6.07 Å². The number of aromatic nitrogens is 2. The average molecular weight is 332 g/mol. The second-order valence-corrected chi connectivity index (χ2v) is 7.02. The summed E-state index contributed by atoms with van der Waals surface area (Å²) in [4.78, 5) is 26.4. The zero-order valence-corrected chi connectivity index (χ0v) is 13.9. The molecule has 1 N–H and O–H groups in total. The van der Waals surface area contributed by atoms with Crippen molar-refractivity contribution in [3.05, 3.63) is 17.5 Å². The van der Waals surface area contributed by atoms with Crippen LogP contribution >= 0.6 is 0 Å². The van der Waals surface area contributed by atoms with Crippen LogP contribution in [0.5, 0.6) is 0 Å². The van der Waals surface area contributed by atoms with Crippen LogP contribution in [0.3, 0.4) is 0 Å². The fourth-order valence-corrected chi connectivity index (χ4v) is 3.58. The van der Waals surface area contributed by atoms with Gasteiger partial charge in [-0.05, 0) is 25.3 Å². The van der Waals surface area contributed by atoms with Crippen LogP contribution in [0.25, 0.3) is 0 Å². The van der Waals surface area contributed by atoms with Gasteiger partial charge in [0.05, 0.1) is 43.5 Å². The molecule has 2 amide bonds. The zero-order chi connectivity index (χ0) is 16.5. The number of amides is 2. The zero-order valence-electron chi connectivity index (χ0n) is 13.9. The maximum atomic E-state index is 12.4. The molecule has 0 bridgehead atoms. The fourth-order valence-electron chi connectivity index (χ4n) is 3.58. The van der Waals surface area contributed by atoms with Crippen LogP contribution in [0.1, 0.15) is 37.1 Å². The molecule has 24 heavy (non-hydrogen) atoms. The number of carbonyl (C=O) groups is 2. The normalized spacial score (nSPS) is 23.7. The molecule has 0 radical (unpaired) electrons. The number of rotatable bonds is 4. The highest BCUT2D eigenvalue weighted by Crippen LogP contribution is 2.29. The molecule has 1 atom stereocenters. The van der Waals surface area contributed by atoms with Crippen molar-refractivity contribution < 1.29 is 14.3 Å². The van der Waals surface area contributed by atoms with Gasteiger partial charge in [0.15, 0.2) is 0 Å². The molecule has 7 heteroatoms. The first-order valence-electron chi connectivity index (χ1n) is 8.90. The van der Waals surface area contributed by atoms with E-state index in [1.54, 1.807) is 0 Å². The first kappa shape index (κ1) is 15.6. The molecule has 2 aliphatic heterocycles. The highest BCUT2D eigenvalue weighted by molar-refractivity contribution is 5.80. The number of hydrogen-bond donors (Lipinski definition) is 1. The third kappa shape index (κ3) is 3.05. The van der Waals surface area contributed by atoms with Gasteiger partial charge >= 0.3 is 0 Å². The SMILES string of the molecule is O=C(NCc1cc2n(n1)CCN(C(=O)C1CCC1)C2)[C@@H]1CCOC1. The van der Waals surface area contributed by atoms with Gasteiger partial charge in [-0.2, -0.15) is 5.10 Å². The van der Waals surface area contributed by atoms with Crippen molar-refractivity contribution in [3.8, 4) is 0 Å².